The van der Waals surface area contributed by atoms with Gasteiger partial charge in [-0.15, -0.1) is 10.2 Å². The van der Waals surface area contributed by atoms with E-state index in [1.54, 1.807) is 6.08 Å². The number of amides is 1. The van der Waals surface area contributed by atoms with Crippen molar-refractivity contribution in [2.75, 3.05) is 19.6 Å². The number of hydrogen-bond acceptors (Lipinski definition) is 5. The molecule has 1 amide bonds. The number of nitrogens with one attached hydrogen (secondary N) is 1. The molecule has 0 atom stereocenters. The van der Waals surface area contributed by atoms with E-state index in [0.29, 0.717) is 38.9 Å². The smallest absolute Gasteiger partial charge is 0.236 e. The molecule has 0 saturated carbocycles. The van der Waals surface area contributed by atoms with Gasteiger partial charge in [-0.25, -0.2) is 8.42 Å². The van der Waals surface area contributed by atoms with Crippen molar-refractivity contribution in [3.05, 3.63) is 53.0 Å². The maximum atomic E-state index is 12.6. The Kier molecular flexibility index (Phi) is 7.36. The van der Waals surface area contributed by atoms with E-state index in [9.17, 15) is 13.2 Å². The van der Waals surface area contributed by atoms with Gasteiger partial charge in [0.1, 0.15) is 11.6 Å². The van der Waals surface area contributed by atoms with Crippen LogP contribution in [0.2, 0.25) is 0 Å². The average molecular weight is 458 g/mol. The van der Waals surface area contributed by atoms with Crippen LogP contribution in [0.4, 0.5) is 0 Å². The van der Waals surface area contributed by atoms with Crippen molar-refractivity contribution in [2.24, 2.45) is 5.92 Å². The van der Waals surface area contributed by atoms with Crippen molar-refractivity contribution in [3.63, 3.8) is 0 Å². The van der Waals surface area contributed by atoms with Gasteiger partial charge in [-0.1, -0.05) is 36.8 Å². The molecule has 4 rings (SSSR count). The topological polar surface area (TPSA) is 97.2 Å². The molecule has 1 N–H and O–H groups in total. The summed E-state index contributed by atoms with van der Waals surface area (Å²) in [6.07, 6.45) is 7.83. The van der Waals surface area contributed by atoms with E-state index in [4.69, 9.17) is 0 Å². The molecule has 1 aromatic heterocycles. The molecule has 2 aromatic rings. The minimum absolute atomic E-state index is 0.00233. The van der Waals surface area contributed by atoms with E-state index in [0.717, 1.165) is 43.0 Å². The Labute approximate surface area is 189 Å². The highest BCUT2D eigenvalue weighted by Crippen LogP contribution is 2.21. The number of rotatable bonds is 7. The predicted octanol–water partition coefficient (Wildman–Crippen LogP) is 2.38. The minimum Gasteiger partial charge on any atom is -0.355 e. The maximum absolute atomic E-state index is 12.6. The SMILES string of the molecule is O=C(NCCc1nnc2n1CCCCC2)C1CCN(S(=O)(=O)/C=C/c2ccccc2)CC1. The van der Waals surface area contributed by atoms with Crippen LogP contribution in [0.1, 0.15) is 49.3 Å². The standard InChI is InChI=1S/C23H31N5O3S/c29-23(24-14-10-22-26-25-21-9-5-2-6-15-28(21)22)20-11-16-27(17-12-20)32(30,31)18-13-19-7-3-1-4-8-19/h1,3-4,7-8,13,18,20H,2,5-6,9-12,14-17H2,(H,24,29)/b18-13+. The molecule has 3 heterocycles. The lowest BCUT2D eigenvalue weighted by Gasteiger charge is -2.29. The number of piperidine rings is 1. The summed E-state index contributed by atoms with van der Waals surface area (Å²) in [6.45, 7) is 2.20. The van der Waals surface area contributed by atoms with Gasteiger partial charge in [0.25, 0.3) is 0 Å². The highest BCUT2D eigenvalue weighted by Gasteiger charge is 2.29. The normalized spacial score (nSPS) is 18.4. The van der Waals surface area contributed by atoms with Crippen molar-refractivity contribution in [3.8, 4) is 0 Å². The van der Waals surface area contributed by atoms with Crippen molar-refractivity contribution in [1.29, 1.82) is 0 Å². The van der Waals surface area contributed by atoms with Crippen molar-refractivity contribution in [2.45, 2.75) is 51.5 Å². The van der Waals surface area contributed by atoms with Crippen molar-refractivity contribution in [1.82, 2.24) is 24.4 Å². The number of carbonyl (C=O) groups is 1. The Balaban J connectivity index is 1.23. The number of sulfonamides is 1. The van der Waals surface area contributed by atoms with Gasteiger partial charge in [0.05, 0.1) is 0 Å². The first-order valence-electron chi connectivity index (χ1n) is 11.4. The van der Waals surface area contributed by atoms with Gasteiger partial charge in [-0.3, -0.25) is 4.79 Å². The van der Waals surface area contributed by atoms with E-state index in [1.807, 2.05) is 30.3 Å². The van der Waals surface area contributed by atoms with Gasteiger partial charge in [0.2, 0.25) is 15.9 Å². The quantitative estimate of drug-likeness (QED) is 0.689. The van der Waals surface area contributed by atoms with Crippen LogP contribution in [0, 0.1) is 5.92 Å². The highest BCUT2D eigenvalue weighted by atomic mass is 32.2. The third-order valence-corrected chi connectivity index (χ3v) is 7.82. The molecule has 0 unspecified atom stereocenters. The molecular weight excluding hydrogens is 426 g/mol. The van der Waals surface area contributed by atoms with E-state index in [-0.39, 0.29) is 11.8 Å². The summed E-state index contributed by atoms with van der Waals surface area (Å²) in [5, 5.41) is 12.9. The molecular formula is C23H31N5O3S. The Hall–Kier alpha value is -2.52. The molecule has 1 fully saturated rings. The second-order valence-corrected chi connectivity index (χ2v) is 10.3. The highest BCUT2D eigenvalue weighted by molar-refractivity contribution is 7.92. The minimum atomic E-state index is -3.49. The van der Waals surface area contributed by atoms with Crippen LogP contribution in [0.3, 0.4) is 0 Å². The third kappa shape index (κ3) is 5.63. The molecule has 9 heteroatoms. The molecule has 0 bridgehead atoms. The van der Waals surface area contributed by atoms with E-state index >= 15 is 0 Å². The van der Waals surface area contributed by atoms with Crippen LogP contribution in [0.5, 0.6) is 0 Å². The molecule has 2 aliphatic rings. The monoisotopic (exact) mass is 457 g/mol. The number of hydrogen-bond donors (Lipinski definition) is 1. The number of carbonyl (C=O) groups excluding carboxylic acids is 1. The maximum Gasteiger partial charge on any atom is 0.236 e. The predicted molar refractivity (Wildman–Crippen MR) is 123 cm³/mol. The van der Waals surface area contributed by atoms with Gasteiger partial charge in [0, 0.05) is 50.3 Å². The summed E-state index contributed by atoms with van der Waals surface area (Å²) in [5.74, 6) is 1.83. The molecule has 2 aliphatic heterocycles. The molecule has 8 nitrogen and oxygen atoms in total. The molecule has 32 heavy (non-hydrogen) atoms. The molecule has 172 valence electrons. The summed E-state index contributed by atoms with van der Waals surface area (Å²) in [6, 6.07) is 9.35. The lowest BCUT2D eigenvalue weighted by molar-refractivity contribution is -0.126. The number of fused-ring (bicyclic) bond motifs is 1. The lowest BCUT2D eigenvalue weighted by atomic mass is 9.97. The first kappa shape index (κ1) is 22.7. The zero-order valence-corrected chi connectivity index (χ0v) is 19.1. The van der Waals surface area contributed by atoms with Crippen LogP contribution >= 0.6 is 0 Å². The molecule has 0 spiro atoms. The van der Waals surface area contributed by atoms with Gasteiger partial charge in [-0.2, -0.15) is 4.31 Å². The van der Waals surface area contributed by atoms with Gasteiger partial charge in [-0.05, 0) is 37.3 Å². The zero-order chi connectivity index (χ0) is 22.4. The third-order valence-electron chi connectivity index (χ3n) is 6.25. The number of aryl methyl sites for hydroxylation is 1. The van der Waals surface area contributed by atoms with Gasteiger partial charge >= 0.3 is 0 Å². The zero-order valence-electron chi connectivity index (χ0n) is 18.3. The van der Waals surface area contributed by atoms with E-state index in [1.165, 1.54) is 16.1 Å². The lowest BCUT2D eigenvalue weighted by Crippen LogP contribution is -2.42. The largest absolute Gasteiger partial charge is 0.355 e. The van der Waals surface area contributed by atoms with E-state index < -0.39 is 10.0 Å². The Morgan fingerprint density at radius 1 is 1.06 bits per heavy atom. The van der Waals surface area contributed by atoms with Gasteiger partial charge in [0.15, 0.2) is 0 Å². The van der Waals surface area contributed by atoms with Crippen LogP contribution < -0.4 is 5.32 Å². The fraction of sp³-hybridized carbons (Fsp3) is 0.522. The molecule has 0 aliphatic carbocycles. The van der Waals surface area contributed by atoms with Gasteiger partial charge < -0.3 is 9.88 Å². The molecule has 0 radical (unpaired) electrons. The van der Waals surface area contributed by atoms with Crippen LogP contribution in [-0.4, -0.2) is 53.0 Å². The average Bonchev–Trinajstić information content (AvgIpc) is 3.04. The second kappa shape index (κ2) is 10.4. The van der Waals surface area contributed by atoms with Crippen LogP contribution in [0.15, 0.2) is 35.7 Å². The number of benzene rings is 1. The summed E-state index contributed by atoms with van der Waals surface area (Å²) in [5.41, 5.74) is 0.843. The fourth-order valence-electron chi connectivity index (χ4n) is 4.36. The van der Waals surface area contributed by atoms with Crippen molar-refractivity contribution < 1.29 is 13.2 Å². The molecule has 1 aromatic carbocycles. The summed E-state index contributed by atoms with van der Waals surface area (Å²) in [7, 11) is -3.49. The number of nitrogens with zero attached hydrogens (tertiary/aromatic N) is 4. The Morgan fingerprint density at radius 2 is 1.84 bits per heavy atom. The number of aromatic nitrogens is 3. The summed E-state index contributed by atoms with van der Waals surface area (Å²) in [4.78, 5) is 12.6. The second-order valence-electron chi connectivity index (χ2n) is 8.47. The van der Waals surface area contributed by atoms with Crippen LogP contribution in [-0.2, 0) is 34.2 Å². The van der Waals surface area contributed by atoms with E-state index in [2.05, 4.69) is 20.1 Å². The Bertz CT molecular complexity index is 1040. The summed E-state index contributed by atoms with van der Waals surface area (Å²) >= 11 is 0. The van der Waals surface area contributed by atoms with Crippen molar-refractivity contribution >= 4 is 22.0 Å². The first-order valence-corrected chi connectivity index (χ1v) is 13.0. The first-order chi connectivity index (χ1) is 15.5. The summed E-state index contributed by atoms with van der Waals surface area (Å²) < 4.78 is 28.9. The molecule has 1 saturated heterocycles. The van der Waals surface area contributed by atoms with Crippen LogP contribution in [0.25, 0.3) is 6.08 Å². The Morgan fingerprint density at radius 3 is 2.62 bits per heavy atom. The fourth-order valence-corrected chi connectivity index (χ4v) is 5.58.